The zero-order chi connectivity index (χ0) is 14.0. The van der Waals surface area contributed by atoms with Crippen molar-refractivity contribution in [1.82, 2.24) is 4.98 Å². The fraction of sp³-hybridized carbons (Fsp3) is 0.600. The molecule has 0 radical (unpaired) electrons. The van der Waals surface area contributed by atoms with Gasteiger partial charge in [0.25, 0.3) is 0 Å². The van der Waals surface area contributed by atoms with Crippen LogP contribution >= 0.6 is 0 Å². The topological polar surface area (TPSA) is 51.2 Å². The Balaban J connectivity index is 2.28. The molecule has 4 heteroatoms. The maximum absolute atomic E-state index is 11.8. The number of nitrogens with zero attached hydrogens (tertiary/aromatic N) is 1. The van der Waals surface area contributed by atoms with Crippen LogP contribution in [0.5, 0.6) is 0 Å². The summed E-state index contributed by atoms with van der Waals surface area (Å²) in [6.07, 6.45) is 2.77. The highest BCUT2D eigenvalue weighted by Crippen LogP contribution is 2.32. The van der Waals surface area contributed by atoms with Crippen LogP contribution < -0.4 is 5.32 Å². The standard InChI is InChI=1S/C15H22N2O2/c1-15(2,3)17-13-9-8-10-11(14(18)19-4)6-5-7-12(10)16-13/h8-9,11H,5-7H2,1-4H3,(H,16,17)/t11-/m0/s1. The smallest absolute Gasteiger partial charge is 0.313 e. The Labute approximate surface area is 114 Å². The number of pyridine rings is 1. The van der Waals surface area contributed by atoms with Crippen molar-refractivity contribution in [2.24, 2.45) is 0 Å². The highest BCUT2D eigenvalue weighted by Gasteiger charge is 2.28. The summed E-state index contributed by atoms with van der Waals surface area (Å²) in [5.74, 6) is 0.570. The maximum Gasteiger partial charge on any atom is 0.313 e. The van der Waals surface area contributed by atoms with E-state index in [-0.39, 0.29) is 17.4 Å². The molecule has 0 fully saturated rings. The molecular formula is C15H22N2O2. The van der Waals surface area contributed by atoms with Crippen LogP contribution in [0.4, 0.5) is 5.82 Å². The molecule has 0 unspecified atom stereocenters. The van der Waals surface area contributed by atoms with Gasteiger partial charge in [-0.25, -0.2) is 4.98 Å². The van der Waals surface area contributed by atoms with Gasteiger partial charge in [0.05, 0.1) is 13.0 Å². The van der Waals surface area contributed by atoms with Crippen molar-refractivity contribution in [3.05, 3.63) is 23.4 Å². The largest absolute Gasteiger partial charge is 0.469 e. The highest BCUT2D eigenvalue weighted by molar-refractivity contribution is 5.78. The van der Waals surface area contributed by atoms with E-state index in [4.69, 9.17) is 4.74 Å². The fourth-order valence-corrected chi connectivity index (χ4v) is 2.50. The minimum atomic E-state index is -0.153. The maximum atomic E-state index is 11.8. The third-order valence-corrected chi connectivity index (χ3v) is 3.28. The Morgan fingerprint density at radius 3 is 2.79 bits per heavy atom. The number of fused-ring (bicyclic) bond motifs is 1. The second-order valence-corrected chi connectivity index (χ2v) is 6.08. The second kappa shape index (κ2) is 5.19. The third-order valence-electron chi connectivity index (χ3n) is 3.28. The Morgan fingerprint density at radius 1 is 1.42 bits per heavy atom. The molecule has 0 spiro atoms. The number of rotatable bonds is 2. The van der Waals surface area contributed by atoms with Crippen LogP contribution in [0.15, 0.2) is 12.1 Å². The van der Waals surface area contributed by atoms with E-state index in [0.717, 1.165) is 36.3 Å². The fourth-order valence-electron chi connectivity index (χ4n) is 2.50. The van der Waals surface area contributed by atoms with Crippen LogP contribution in [0, 0.1) is 0 Å². The summed E-state index contributed by atoms with van der Waals surface area (Å²) in [6, 6.07) is 3.96. The molecule has 19 heavy (non-hydrogen) atoms. The van der Waals surface area contributed by atoms with Crippen molar-refractivity contribution in [1.29, 1.82) is 0 Å². The number of aryl methyl sites for hydroxylation is 1. The molecule has 0 saturated carbocycles. The van der Waals surface area contributed by atoms with E-state index in [1.807, 2.05) is 12.1 Å². The van der Waals surface area contributed by atoms with E-state index in [1.165, 1.54) is 7.11 Å². The summed E-state index contributed by atoms with van der Waals surface area (Å²) >= 11 is 0. The number of esters is 1. The molecule has 2 rings (SSSR count). The molecule has 0 aromatic carbocycles. The predicted octanol–water partition coefficient (Wildman–Crippen LogP) is 2.88. The third kappa shape index (κ3) is 3.25. The summed E-state index contributed by atoms with van der Waals surface area (Å²) < 4.78 is 4.88. The summed E-state index contributed by atoms with van der Waals surface area (Å²) in [5.41, 5.74) is 2.03. The lowest BCUT2D eigenvalue weighted by Gasteiger charge is -2.26. The van der Waals surface area contributed by atoms with Gasteiger partial charge in [-0.05, 0) is 51.7 Å². The first-order valence-corrected chi connectivity index (χ1v) is 6.76. The van der Waals surface area contributed by atoms with E-state index in [2.05, 4.69) is 31.1 Å². The number of ether oxygens (including phenoxy) is 1. The number of hydrogen-bond acceptors (Lipinski definition) is 4. The Kier molecular flexibility index (Phi) is 3.78. The van der Waals surface area contributed by atoms with Gasteiger partial charge in [0.2, 0.25) is 0 Å². The molecule has 0 aliphatic heterocycles. The molecule has 1 heterocycles. The van der Waals surface area contributed by atoms with Crippen molar-refractivity contribution in [2.75, 3.05) is 12.4 Å². The monoisotopic (exact) mass is 262 g/mol. The van der Waals surface area contributed by atoms with E-state index < -0.39 is 0 Å². The summed E-state index contributed by atoms with van der Waals surface area (Å²) in [7, 11) is 1.44. The first-order valence-electron chi connectivity index (χ1n) is 6.76. The average Bonchev–Trinajstić information content (AvgIpc) is 2.35. The first-order chi connectivity index (χ1) is 8.90. The van der Waals surface area contributed by atoms with Gasteiger partial charge in [-0.2, -0.15) is 0 Å². The van der Waals surface area contributed by atoms with E-state index in [9.17, 15) is 4.79 Å². The van der Waals surface area contributed by atoms with Crippen molar-refractivity contribution in [3.8, 4) is 0 Å². The number of aromatic nitrogens is 1. The lowest BCUT2D eigenvalue weighted by molar-refractivity contribution is -0.142. The van der Waals surface area contributed by atoms with E-state index >= 15 is 0 Å². The van der Waals surface area contributed by atoms with Crippen molar-refractivity contribution >= 4 is 11.8 Å². The van der Waals surface area contributed by atoms with Crippen molar-refractivity contribution in [3.63, 3.8) is 0 Å². The van der Waals surface area contributed by atoms with Gasteiger partial charge < -0.3 is 10.1 Å². The van der Waals surface area contributed by atoms with Crippen LogP contribution in [0.25, 0.3) is 0 Å². The number of carbonyl (C=O) groups is 1. The average molecular weight is 262 g/mol. The van der Waals surface area contributed by atoms with Gasteiger partial charge in [-0.3, -0.25) is 4.79 Å². The summed E-state index contributed by atoms with van der Waals surface area (Å²) in [5, 5.41) is 3.36. The number of hydrogen-bond donors (Lipinski definition) is 1. The zero-order valence-electron chi connectivity index (χ0n) is 12.1. The van der Waals surface area contributed by atoms with Crippen LogP contribution in [0.2, 0.25) is 0 Å². The van der Waals surface area contributed by atoms with Gasteiger partial charge in [0.15, 0.2) is 0 Å². The molecule has 1 N–H and O–H groups in total. The molecule has 104 valence electrons. The molecule has 1 aliphatic carbocycles. The molecule has 0 amide bonds. The number of anilines is 1. The normalized spacial score (nSPS) is 18.6. The van der Waals surface area contributed by atoms with Crippen LogP contribution in [-0.4, -0.2) is 23.6 Å². The quantitative estimate of drug-likeness (QED) is 0.833. The van der Waals surface area contributed by atoms with Gasteiger partial charge >= 0.3 is 5.97 Å². The van der Waals surface area contributed by atoms with E-state index in [0.29, 0.717) is 0 Å². The van der Waals surface area contributed by atoms with Gasteiger partial charge in [-0.1, -0.05) is 6.07 Å². The molecular weight excluding hydrogens is 240 g/mol. The van der Waals surface area contributed by atoms with Gasteiger partial charge in [0.1, 0.15) is 5.82 Å². The van der Waals surface area contributed by atoms with Crippen LogP contribution in [0.3, 0.4) is 0 Å². The minimum Gasteiger partial charge on any atom is -0.469 e. The molecule has 1 atom stereocenters. The molecule has 4 nitrogen and oxygen atoms in total. The highest BCUT2D eigenvalue weighted by atomic mass is 16.5. The zero-order valence-corrected chi connectivity index (χ0v) is 12.1. The van der Waals surface area contributed by atoms with Crippen molar-refractivity contribution < 1.29 is 9.53 Å². The minimum absolute atomic E-state index is 0.0162. The van der Waals surface area contributed by atoms with Gasteiger partial charge in [-0.15, -0.1) is 0 Å². The van der Waals surface area contributed by atoms with Crippen LogP contribution in [-0.2, 0) is 16.0 Å². The number of carbonyl (C=O) groups excluding carboxylic acids is 1. The molecule has 1 aromatic rings. The van der Waals surface area contributed by atoms with E-state index in [1.54, 1.807) is 0 Å². The number of nitrogens with one attached hydrogen (secondary N) is 1. The lowest BCUT2D eigenvalue weighted by Crippen LogP contribution is -2.27. The Bertz CT molecular complexity index is 478. The summed E-state index contributed by atoms with van der Waals surface area (Å²) in [6.45, 7) is 6.31. The van der Waals surface area contributed by atoms with Crippen molar-refractivity contribution in [2.45, 2.75) is 51.5 Å². The first kappa shape index (κ1) is 13.8. The lowest BCUT2D eigenvalue weighted by atomic mass is 9.85. The molecule has 0 saturated heterocycles. The molecule has 0 bridgehead atoms. The molecule has 1 aromatic heterocycles. The molecule has 1 aliphatic rings. The number of methoxy groups -OCH3 is 1. The summed E-state index contributed by atoms with van der Waals surface area (Å²) in [4.78, 5) is 16.4. The second-order valence-electron chi connectivity index (χ2n) is 6.08. The van der Waals surface area contributed by atoms with Gasteiger partial charge in [0, 0.05) is 11.2 Å². The Morgan fingerprint density at radius 2 is 2.16 bits per heavy atom. The predicted molar refractivity (Wildman–Crippen MR) is 75.3 cm³/mol. The SMILES string of the molecule is COC(=O)[C@H]1CCCc2nc(NC(C)(C)C)ccc21. The Hall–Kier alpha value is -1.58. The van der Waals surface area contributed by atoms with Crippen LogP contribution in [0.1, 0.15) is 50.8 Å².